The number of benzene rings is 5. The minimum atomic E-state index is -1.06. The highest BCUT2D eigenvalue weighted by Gasteiger charge is 2.77. The number of anilines is 1. The number of nitrogens with zero attached hydrogens (tertiary/aromatic N) is 5. The monoisotopic (exact) mass is 655 g/mol. The van der Waals surface area contributed by atoms with Gasteiger partial charge in [0, 0.05) is 6.42 Å². The van der Waals surface area contributed by atoms with Crippen molar-refractivity contribution in [3.05, 3.63) is 178 Å². The number of ketones is 1. The summed E-state index contributed by atoms with van der Waals surface area (Å²) in [6, 6.07) is 48.0. The molecule has 50 heavy (non-hydrogen) atoms. The number of carbonyl (C=O) groups is 1. The molecule has 6 aromatic rings. The highest BCUT2D eigenvalue weighted by atomic mass is 16.2. The zero-order chi connectivity index (χ0) is 33.9. The molecule has 1 saturated heterocycles. The lowest BCUT2D eigenvalue weighted by Gasteiger charge is -2.46. The van der Waals surface area contributed by atoms with E-state index in [2.05, 4.69) is 41.4 Å². The molecule has 3 aliphatic rings. The second-order valence-corrected chi connectivity index (χ2v) is 13.5. The first-order valence-electron chi connectivity index (χ1n) is 17.5. The van der Waals surface area contributed by atoms with Gasteiger partial charge < -0.3 is 0 Å². The molecule has 1 saturated carbocycles. The maximum absolute atomic E-state index is 16.3. The average molecular weight is 656 g/mol. The van der Waals surface area contributed by atoms with Crippen molar-refractivity contribution < 1.29 is 4.79 Å². The van der Waals surface area contributed by atoms with Gasteiger partial charge in [-0.3, -0.25) is 19.6 Å². The molecule has 0 unspecified atom stereocenters. The van der Waals surface area contributed by atoms with Crippen LogP contribution in [-0.2, 0) is 11.2 Å². The number of rotatable bonds is 6. The molecule has 246 valence electrons. The summed E-state index contributed by atoms with van der Waals surface area (Å²) in [4.78, 5) is 35.9. The van der Waals surface area contributed by atoms with Crippen LogP contribution < -0.4 is 15.6 Å². The van der Waals surface area contributed by atoms with Crippen LogP contribution in [0.25, 0.3) is 10.9 Å². The Hall–Kier alpha value is -5.82. The first-order chi connectivity index (χ1) is 24.6. The van der Waals surface area contributed by atoms with Crippen molar-refractivity contribution in [1.82, 2.24) is 9.66 Å². The predicted molar refractivity (Wildman–Crippen MR) is 198 cm³/mol. The first kappa shape index (κ1) is 30.3. The average Bonchev–Trinajstić information content (AvgIpc) is 3.70. The normalized spacial score (nSPS) is 24.3. The van der Waals surface area contributed by atoms with Crippen molar-refractivity contribution in [2.75, 3.05) is 10.0 Å². The summed E-state index contributed by atoms with van der Waals surface area (Å²) >= 11 is 0. The third-order valence-corrected chi connectivity index (χ3v) is 10.9. The Morgan fingerprint density at radius 2 is 1.26 bits per heavy atom. The lowest BCUT2D eigenvalue weighted by Crippen LogP contribution is -2.63. The topological polar surface area (TPSA) is 70.6 Å². The van der Waals surface area contributed by atoms with Gasteiger partial charge in [0.25, 0.3) is 5.56 Å². The molecule has 2 spiro atoms. The van der Waals surface area contributed by atoms with Gasteiger partial charge in [-0.2, -0.15) is 5.10 Å². The third kappa shape index (κ3) is 4.29. The fraction of sp³-hybridized carbons (Fsp3) is 0.209. The molecule has 1 aromatic heterocycles. The molecule has 0 amide bonds. The van der Waals surface area contributed by atoms with E-state index >= 15 is 4.79 Å². The Kier molecular flexibility index (Phi) is 7.05. The SMILES string of the molecule is CCc1nc2ccccc2c(=O)n1N1[C@@H](c2ccccc2)[C@@]12CCC[C@]1(C2=O)[C@H](c2ccccc2)C(c2ccccc2)=NN1c1ccccc1. The van der Waals surface area contributed by atoms with Crippen LogP contribution in [0.3, 0.4) is 0 Å². The van der Waals surface area contributed by atoms with E-state index in [1.165, 1.54) is 0 Å². The summed E-state index contributed by atoms with van der Waals surface area (Å²) in [6.45, 7) is 2.02. The largest absolute Gasteiger partial charge is 0.294 e. The van der Waals surface area contributed by atoms with Crippen molar-refractivity contribution in [1.29, 1.82) is 0 Å². The number of hydrogen-bond donors (Lipinski definition) is 0. The first-order valence-corrected chi connectivity index (χ1v) is 17.5. The number of fused-ring (bicyclic) bond motifs is 1. The maximum atomic E-state index is 16.3. The standard InChI is InChI=1S/C43H37N5O2/c1-2-36-44-35-27-16-15-26-34(35)40(49)46(36)48-39(32-22-11-5-12-23-32)43(48)29-17-28-42(41(43)50)37(30-18-7-3-8-19-30)38(31-20-9-4-10-21-31)45-47(42)33-24-13-6-14-25-33/h3-16,18-27,37,39H,2,17,28-29H2,1H3/t37-,39+,42-,43-,48?/m1/s1. The van der Waals surface area contributed by atoms with Crippen molar-refractivity contribution in [3.8, 4) is 0 Å². The van der Waals surface area contributed by atoms with Crippen molar-refractivity contribution in [2.24, 2.45) is 5.10 Å². The van der Waals surface area contributed by atoms with Gasteiger partial charge in [-0.15, -0.1) is 0 Å². The number of aryl methyl sites for hydroxylation is 1. The van der Waals surface area contributed by atoms with Gasteiger partial charge in [0.05, 0.1) is 28.2 Å². The minimum Gasteiger partial charge on any atom is -0.294 e. The number of hydrazone groups is 1. The number of carbonyl (C=O) groups excluding carboxylic acids is 1. The van der Waals surface area contributed by atoms with Crippen LogP contribution in [0.4, 0.5) is 5.69 Å². The highest BCUT2D eigenvalue weighted by Crippen LogP contribution is 2.63. The molecule has 4 atom stereocenters. The molecule has 2 fully saturated rings. The predicted octanol–water partition coefficient (Wildman–Crippen LogP) is 7.59. The van der Waals surface area contributed by atoms with Crippen LogP contribution in [-0.4, -0.2) is 32.2 Å². The van der Waals surface area contributed by atoms with Crippen molar-refractivity contribution in [2.45, 2.75) is 55.6 Å². The van der Waals surface area contributed by atoms with Crippen LogP contribution in [0.1, 0.15) is 60.7 Å². The Bertz CT molecular complexity index is 2310. The third-order valence-electron chi connectivity index (χ3n) is 10.9. The van der Waals surface area contributed by atoms with E-state index in [1.54, 1.807) is 4.68 Å². The van der Waals surface area contributed by atoms with Gasteiger partial charge in [-0.05, 0) is 60.2 Å². The molecule has 1 aliphatic carbocycles. The number of para-hydroxylation sites is 2. The van der Waals surface area contributed by atoms with E-state index in [0.717, 1.165) is 34.5 Å². The van der Waals surface area contributed by atoms with Gasteiger partial charge in [0.15, 0.2) is 5.78 Å². The lowest BCUT2D eigenvalue weighted by atomic mass is 9.62. The lowest BCUT2D eigenvalue weighted by molar-refractivity contribution is -0.129. The molecule has 2 aliphatic heterocycles. The Balaban J connectivity index is 1.31. The molecule has 5 aromatic carbocycles. The number of aromatic nitrogens is 2. The Morgan fingerprint density at radius 3 is 1.94 bits per heavy atom. The number of hydrogen-bond acceptors (Lipinski definition) is 6. The van der Waals surface area contributed by atoms with Crippen LogP contribution in [0, 0.1) is 0 Å². The zero-order valence-corrected chi connectivity index (χ0v) is 27.9. The smallest absolute Gasteiger partial charge is 0.280 e. The van der Waals surface area contributed by atoms with Gasteiger partial charge in [-0.25, -0.2) is 9.66 Å². The second kappa shape index (κ2) is 11.7. The molecule has 3 heterocycles. The van der Waals surface area contributed by atoms with Crippen LogP contribution in [0.5, 0.6) is 0 Å². The van der Waals surface area contributed by atoms with E-state index < -0.39 is 11.1 Å². The molecule has 9 rings (SSSR count). The van der Waals surface area contributed by atoms with Gasteiger partial charge in [-0.1, -0.05) is 128 Å². The van der Waals surface area contributed by atoms with E-state index in [-0.39, 0.29) is 23.3 Å². The Morgan fingerprint density at radius 1 is 0.680 bits per heavy atom. The van der Waals surface area contributed by atoms with Crippen LogP contribution >= 0.6 is 0 Å². The van der Waals surface area contributed by atoms with Gasteiger partial charge in [0.1, 0.15) is 22.9 Å². The van der Waals surface area contributed by atoms with Crippen LogP contribution in [0.15, 0.2) is 155 Å². The fourth-order valence-electron chi connectivity index (χ4n) is 8.84. The summed E-state index contributed by atoms with van der Waals surface area (Å²) in [6.07, 6.45) is 2.54. The van der Waals surface area contributed by atoms with E-state index in [0.29, 0.717) is 36.0 Å². The Labute approximate surface area is 291 Å². The molecule has 7 nitrogen and oxygen atoms in total. The molecular formula is C43H37N5O2. The second-order valence-electron chi connectivity index (χ2n) is 13.5. The summed E-state index contributed by atoms with van der Waals surface area (Å²) in [5, 5.41) is 10.1. The van der Waals surface area contributed by atoms with Gasteiger partial charge >= 0.3 is 0 Å². The summed E-state index contributed by atoms with van der Waals surface area (Å²) in [5.74, 6) is 0.373. The minimum absolute atomic E-state index is 0.0830. The summed E-state index contributed by atoms with van der Waals surface area (Å²) in [7, 11) is 0. The van der Waals surface area contributed by atoms with Crippen molar-refractivity contribution in [3.63, 3.8) is 0 Å². The highest BCUT2D eigenvalue weighted by molar-refractivity contribution is 6.18. The molecule has 0 N–H and O–H groups in total. The zero-order valence-electron chi connectivity index (χ0n) is 27.9. The maximum Gasteiger partial charge on any atom is 0.280 e. The fourth-order valence-corrected chi connectivity index (χ4v) is 8.84. The van der Waals surface area contributed by atoms with Gasteiger partial charge in [0.2, 0.25) is 0 Å². The summed E-state index contributed by atoms with van der Waals surface area (Å²) < 4.78 is 1.73. The molecule has 0 bridgehead atoms. The van der Waals surface area contributed by atoms with Crippen LogP contribution in [0.2, 0.25) is 0 Å². The van der Waals surface area contributed by atoms with E-state index in [4.69, 9.17) is 10.1 Å². The van der Waals surface area contributed by atoms with E-state index in [1.807, 2.05) is 121 Å². The number of Topliss-reactive ketones (excluding diaryl/α,β-unsaturated/α-hetero) is 1. The summed E-state index contributed by atoms with van der Waals surface area (Å²) in [5.41, 5.74) is 3.23. The van der Waals surface area contributed by atoms with E-state index in [9.17, 15) is 4.79 Å². The molecule has 0 radical (unpaired) electrons. The quantitative estimate of drug-likeness (QED) is 0.173. The van der Waals surface area contributed by atoms with Crippen molar-refractivity contribution >= 4 is 28.1 Å². The molecule has 7 heteroatoms. The molecular weight excluding hydrogens is 619 g/mol.